The van der Waals surface area contributed by atoms with Crippen molar-refractivity contribution in [3.8, 4) is 0 Å². The molecule has 0 spiro atoms. The lowest BCUT2D eigenvalue weighted by Gasteiger charge is -2.08. The lowest BCUT2D eigenvalue weighted by molar-refractivity contribution is -0.138. The van der Waals surface area contributed by atoms with Gasteiger partial charge >= 0.3 is 5.97 Å². The van der Waals surface area contributed by atoms with Gasteiger partial charge in [0, 0.05) is 26.2 Å². The number of aliphatic carboxylic acids is 1. The van der Waals surface area contributed by atoms with Crippen molar-refractivity contribution in [1.29, 1.82) is 0 Å². The van der Waals surface area contributed by atoms with Crippen molar-refractivity contribution >= 4 is 11.9 Å². The Bertz CT molecular complexity index is 223. The Labute approximate surface area is 88.8 Å². The van der Waals surface area contributed by atoms with Gasteiger partial charge in [0.25, 0.3) is 0 Å². The van der Waals surface area contributed by atoms with E-state index in [0.29, 0.717) is 12.5 Å². The number of amides is 1. The zero-order valence-corrected chi connectivity index (χ0v) is 8.70. The standard InChI is InChI=1S/C10H17NO4/c12-9(1-2-10(13)14)11-5-3-8-4-6-15-7-8/h8H,1-7H2,(H,11,12)(H,13,14). The zero-order valence-electron chi connectivity index (χ0n) is 8.70. The van der Waals surface area contributed by atoms with Gasteiger partial charge in [-0.05, 0) is 18.8 Å². The predicted octanol–water partition coefficient (Wildman–Crippen LogP) is 0.394. The van der Waals surface area contributed by atoms with Crippen molar-refractivity contribution in [2.75, 3.05) is 19.8 Å². The molecule has 0 aromatic rings. The van der Waals surface area contributed by atoms with Crippen LogP contribution in [0.1, 0.15) is 25.7 Å². The number of nitrogens with one attached hydrogen (secondary N) is 1. The van der Waals surface area contributed by atoms with E-state index >= 15 is 0 Å². The fraction of sp³-hybridized carbons (Fsp3) is 0.800. The molecule has 2 N–H and O–H groups in total. The topological polar surface area (TPSA) is 75.6 Å². The first-order valence-corrected chi connectivity index (χ1v) is 5.24. The van der Waals surface area contributed by atoms with E-state index in [4.69, 9.17) is 9.84 Å². The van der Waals surface area contributed by atoms with Gasteiger partial charge in [0.2, 0.25) is 5.91 Å². The predicted molar refractivity (Wildman–Crippen MR) is 53.4 cm³/mol. The van der Waals surface area contributed by atoms with Crippen LogP contribution in [-0.2, 0) is 14.3 Å². The van der Waals surface area contributed by atoms with E-state index in [1.54, 1.807) is 0 Å². The van der Waals surface area contributed by atoms with Crippen molar-refractivity contribution in [1.82, 2.24) is 5.32 Å². The van der Waals surface area contributed by atoms with Gasteiger partial charge < -0.3 is 15.2 Å². The fourth-order valence-electron chi connectivity index (χ4n) is 1.54. The Morgan fingerprint density at radius 3 is 2.80 bits per heavy atom. The lowest BCUT2D eigenvalue weighted by Crippen LogP contribution is -2.26. The Kier molecular flexibility index (Phi) is 5.10. The molecule has 1 aliphatic rings. The number of carboxylic acids is 1. The van der Waals surface area contributed by atoms with E-state index in [-0.39, 0.29) is 18.7 Å². The maximum atomic E-state index is 11.1. The number of carbonyl (C=O) groups is 2. The van der Waals surface area contributed by atoms with Crippen molar-refractivity contribution in [3.05, 3.63) is 0 Å². The summed E-state index contributed by atoms with van der Waals surface area (Å²) in [6.45, 7) is 2.22. The maximum absolute atomic E-state index is 11.1. The Morgan fingerprint density at radius 2 is 2.20 bits per heavy atom. The summed E-state index contributed by atoms with van der Waals surface area (Å²) in [5, 5.41) is 11.1. The molecular formula is C10H17NO4. The minimum atomic E-state index is -0.936. The summed E-state index contributed by atoms with van der Waals surface area (Å²) in [4.78, 5) is 21.3. The SMILES string of the molecule is O=C(O)CCC(=O)NCCC1CCOC1. The molecule has 0 aromatic carbocycles. The zero-order chi connectivity index (χ0) is 11.1. The second-order valence-corrected chi connectivity index (χ2v) is 3.76. The highest BCUT2D eigenvalue weighted by molar-refractivity contribution is 5.80. The van der Waals surface area contributed by atoms with Crippen molar-refractivity contribution < 1.29 is 19.4 Å². The van der Waals surface area contributed by atoms with Crippen LogP contribution >= 0.6 is 0 Å². The number of hydrogen-bond acceptors (Lipinski definition) is 3. The molecular weight excluding hydrogens is 198 g/mol. The molecule has 5 heteroatoms. The molecule has 1 aliphatic heterocycles. The van der Waals surface area contributed by atoms with Crippen LogP contribution in [0.15, 0.2) is 0 Å². The van der Waals surface area contributed by atoms with E-state index in [1.807, 2.05) is 0 Å². The van der Waals surface area contributed by atoms with Crippen LogP contribution in [0.25, 0.3) is 0 Å². The third-order valence-electron chi connectivity index (χ3n) is 2.46. The van der Waals surface area contributed by atoms with Crippen molar-refractivity contribution in [2.45, 2.75) is 25.7 Å². The van der Waals surface area contributed by atoms with Crippen LogP contribution < -0.4 is 5.32 Å². The van der Waals surface area contributed by atoms with Crippen LogP contribution in [0, 0.1) is 5.92 Å². The molecule has 5 nitrogen and oxygen atoms in total. The van der Waals surface area contributed by atoms with E-state index in [0.717, 1.165) is 26.1 Å². The highest BCUT2D eigenvalue weighted by Gasteiger charge is 2.15. The molecule has 0 bridgehead atoms. The molecule has 0 aromatic heterocycles. The minimum Gasteiger partial charge on any atom is -0.481 e. The largest absolute Gasteiger partial charge is 0.481 e. The summed E-state index contributed by atoms with van der Waals surface area (Å²) in [5.41, 5.74) is 0. The van der Waals surface area contributed by atoms with Crippen LogP contribution in [0.2, 0.25) is 0 Å². The maximum Gasteiger partial charge on any atom is 0.303 e. The summed E-state index contributed by atoms with van der Waals surface area (Å²) in [6.07, 6.45) is 1.94. The molecule has 1 rings (SSSR count). The molecule has 1 fully saturated rings. The van der Waals surface area contributed by atoms with Gasteiger partial charge in [-0.1, -0.05) is 0 Å². The summed E-state index contributed by atoms with van der Waals surface area (Å²) in [7, 11) is 0. The van der Waals surface area contributed by atoms with Gasteiger partial charge in [-0.3, -0.25) is 9.59 Å². The van der Waals surface area contributed by atoms with Crippen molar-refractivity contribution in [2.24, 2.45) is 5.92 Å². The van der Waals surface area contributed by atoms with E-state index in [1.165, 1.54) is 0 Å². The summed E-state index contributed by atoms with van der Waals surface area (Å²) in [6, 6.07) is 0. The van der Waals surface area contributed by atoms with Gasteiger partial charge in [0.05, 0.1) is 6.42 Å². The number of carboxylic acid groups (broad SMARTS) is 1. The average Bonchev–Trinajstić information content (AvgIpc) is 2.67. The highest BCUT2D eigenvalue weighted by atomic mass is 16.5. The van der Waals surface area contributed by atoms with Crippen LogP contribution in [0.3, 0.4) is 0 Å². The fourth-order valence-corrected chi connectivity index (χ4v) is 1.54. The Balaban J connectivity index is 1.98. The van der Waals surface area contributed by atoms with E-state index in [2.05, 4.69) is 5.32 Å². The smallest absolute Gasteiger partial charge is 0.303 e. The first-order chi connectivity index (χ1) is 7.18. The lowest BCUT2D eigenvalue weighted by atomic mass is 10.1. The number of carbonyl (C=O) groups excluding carboxylic acids is 1. The van der Waals surface area contributed by atoms with Crippen LogP contribution in [-0.4, -0.2) is 36.7 Å². The minimum absolute atomic E-state index is 0.0660. The normalized spacial score (nSPS) is 20.1. The quantitative estimate of drug-likeness (QED) is 0.672. The molecule has 15 heavy (non-hydrogen) atoms. The average molecular weight is 215 g/mol. The van der Waals surface area contributed by atoms with E-state index in [9.17, 15) is 9.59 Å². The number of hydrogen-bond donors (Lipinski definition) is 2. The molecule has 0 saturated carbocycles. The van der Waals surface area contributed by atoms with E-state index < -0.39 is 5.97 Å². The Morgan fingerprint density at radius 1 is 1.40 bits per heavy atom. The molecule has 1 heterocycles. The first-order valence-electron chi connectivity index (χ1n) is 5.24. The van der Waals surface area contributed by atoms with Gasteiger partial charge in [0.1, 0.15) is 0 Å². The third-order valence-corrected chi connectivity index (χ3v) is 2.46. The molecule has 1 saturated heterocycles. The number of rotatable bonds is 6. The van der Waals surface area contributed by atoms with Gasteiger partial charge in [0.15, 0.2) is 0 Å². The van der Waals surface area contributed by atoms with Crippen LogP contribution in [0.4, 0.5) is 0 Å². The molecule has 1 amide bonds. The van der Waals surface area contributed by atoms with Crippen molar-refractivity contribution in [3.63, 3.8) is 0 Å². The molecule has 1 unspecified atom stereocenters. The molecule has 1 atom stereocenters. The molecule has 86 valence electrons. The molecule has 0 radical (unpaired) electrons. The van der Waals surface area contributed by atoms with Gasteiger partial charge in [-0.25, -0.2) is 0 Å². The van der Waals surface area contributed by atoms with Crippen LogP contribution in [0.5, 0.6) is 0 Å². The second kappa shape index (κ2) is 6.40. The summed E-state index contributed by atoms with van der Waals surface area (Å²) >= 11 is 0. The molecule has 0 aliphatic carbocycles. The monoisotopic (exact) mass is 215 g/mol. The summed E-state index contributed by atoms with van der Waals surface area (Å²) in [5.74, 6) is -0.574. The highest BCUT2D eigenvalue weighted by Crippen LogP contribution is 2.15. The Hall–Kier alpha value is -1.10. The first kappa shape index (κ1) is 12.0. The second-order valence-electron chi connectivity index (χ2n) is 3.76. The number of ether oxygens (including phenoxy) is 1. The third kappa shape index (κ3) is 5.37. The van der Waals surface area contributed by atoms with Gasteiger partial charge in [-0.2, -0.15) is 0 Å². The van der Waals surface area contributed by atoms with Gasteiger partial charge in [-0.15, -0.1) is 0 Å². The summed E-state index contributed by atoms with van der Waals surface area (Å²) < 4.78 is 5.20.